The molecule has 2 aliphatic rings. The molecule has 19 heavy (non-hydrogen) atoms. The van der Waals surface area contributed by atoms with E-state index in [2.05, 4.69) is 33.0 Å². The molecule has 0 unspecified atom stereocenters. The van der Waals surface area contributed by atoms with E-state index in [1.54, 1.807) is 0 Å². The van der Waals surface area contributed by atoms with Crippen molar-refractivity contribution < 1.29 is 0 Å². The second-order valence-corrected chi connectivity index (χ2v) is 8.31. The lowest BCUT2D eigenvalue weighted by Crippen LogP contribution is -2.46. The first kappa shape index (κ1) is 15.4. The zero-order chi connectivity index (χ0) is 13.9. The summed E-state index contributed by atoms with van der Waals surface area (Å²) in [5.41, 5.74) is 1.18. The van der Waals surface area contributed by atoms with Crippen LogP contribution in [0.5, 0.6) is 0 Å². The van der Waals surface area contributed by atoms with Crippen molar-refractivity contribution in [1.82, 2.24) is 5.32 Å². The zero-order valence-electron chi connectivity index (χ0n) is 13.7. The summed E-state index contributed by atoms with van der Waals surface area (Å²) < 4.78 is 0. The monoisotopic (exact) mass is 265 g/mol. The summed E-state index contributed by atoms with van der Waals surface area (Å²) in [6, 6.07) is 0. The molecule has 0 radical (unpaired) electrons. The minimum absolute atomic E-state index is 0.516. The Hall–Kier alpha value is -0.0400. The van der Waals surface area contributed by atoms with E-state index in [4.69, 9.17) is 0 Å². The number of rotatable bonds is 5. The van der Waals surface area contributed by atoms with Crippen LogP contribution < -0.4 is 5.32 Å². The van der Waals surface area contributed by atoms with Gasteiger partial charge in [-0.05, 0) is 74.2 Å². The first-order valence-corrected chi connectivity index (χ1v) is 8.69. The molecule has 0 saturated heterocycles. The summed E-state index contributed by atoms with van der Waals surface area (Å²) in [6.07, 6.45) is 11.7. The van der Waals surface area contributed by atoms with Crippen molar-refractivity contribution in [3.05, 3.63) is 0 Å². The molecule has 0 spiro atoms. The number of nitrogens with one attached hydrogen (secondary N) is 1. The van der Waals surface area contributed by atoms with E-state index < -0.39 is 0 Å². The van der Waals surface area contributed by atoms with Gasteiger partial charge < -0.3 is 5.32 Å². The molecule has 2 fully saturated rings. The summed E-state index contributed by atoms with van der Waals surface area (Å²) in [4.78, 5) is 0. The van der Waals surface area contributed by atoms with E-state index >= 15 is 0 Å². The summed E-state index contributed by atoms with van der Waals surface area (Å²) in [5.74, 6) is 1.99. The first-order valence-electron chi connectivity index (χ1n) is 8.69. The molecule has 0 heterocycles. The van der Waals surface area contributed by atoms with Crippen LogP contribution in [-0.4, -0.2) is 13.1 Å². The van der Waals surface area contributed by atoms with E-state index in [-0.39, 0.29) is 0 Å². The van der Waals surface area contributed by atoms with Crippen LogP contribution in [0.4, 0.5) is 0 Å². The third kappa shape index (κ3) is 3.54. The summed E-state index contributed by atoms with van der Waals surface area (Å²) in [6.45, 7) is 12.1. The second-order valence-electron chi connectivity index (χ2n) is 8.31. The lowest BCUT2D eigenvalue weighted by molar-refractivity contribution is 0.00477. The number of hydrogen-bond acceptors (Lipinski definition) is 1. The molecule has 0 atom stereocenters. The Morgan fingerprint density at radius 2 is 1.68 bits per heavy atom. The van der Waals surface area contributed by atoms with Crippen LogP contribution in [0, 0.1) is 22.7 Å². The fraction of sp³-hybridized carbons (Fsp3) is 1.00. The van der Waals surface area contributed by atoms with Crippen LogP contribution >= 0.6 is 0 Å². The molecule has 112 valence electrons. The van der Waals surface area contributed by atoms with E-state index in [0.717, 1.165) is 11.8 Å². The topological polar surface area (TPSA) is 12.0 Å². The average molecular weight is 265 g/mol. The van der Waals surface area contributed by atoms with E-state index in [1.165, 1.54) is 64.5 Å². The Labute approximate surface area is 120 Å². The largest absolute Gasteiger partial charge is 0.316 e. The van der Waals surface area contributed by atoms with Gasteiger partial charge in [-0.3, -0.25) is 0 Å². The summed E-state index contributed by atoms with van der Waals surface area (Å²) in [7, 11) is 0. The third-order valence-electron chi connectivity index (χ3n) is 6.08. The Kier molecular flexibility index (Phi) is 4.98. The molecule has 0 aromatic heterocycles. The summed E-state index contributed by atoms with van der Waals surface area (Å²) >= 11 is 0. The minimum atomic E-state index is 0.516. The Morgan fingerprint density at radius 1 is 1.05 bits per heavy atom. The Morgan fingerprint density at radius 3 is 2.11 bits per heavy atom. The van der Waals surface area contributed by atoms with E-state index in [9.17, 15) is 0 Å². The highest BCUT2D eigenvalue weighted by Crippen LogP contribution is 2.53. The second kappa shape index (κ2) is 6.16. The molecule has 1 N–H and O–H groups in total. The van der Waals surface area contributed by atoms with Gasteiger partial charge >= 0.3 is 0 Å². The van der Waals surface area contributed by atoms with Gasteiger partial charge in [0, 0.05) is 6.54 Å². The van der Waals surface area contributed by atoms with Gasteiger partial charge in [-0.1, -0.05) is 34.1 Å². The highest BCUT2D eigenvalue weighted by atomic mass is 14.9. The molecule has 2 saturated carbocycles. The van der Waals surface area contributed by atoms with E-state index in [1.807, 2.05) is 0 Å². The standard InChI is InChI=1S/C18H35N/c1-5-13-19-14-18(16-7-6-8-16)11-9-15(10-12-18)17(2,3)4/h15-16,19H,5-14H2,1-4H3. The smallest absolute Gasteiger partial charge is 0.00105 e. The predicted octanol–water partition coefficient (Wildman–Crippen LogP) is 5.01. The maximum absolute atomic E-state index is 3.75. The molecular formula is C18H35N. The van der Waals surface area contributed by atoms with Crippen molar-refractivity contribution in [2.45, 2.75) is 79.1 Å². The molecule has 2 aliphatic carbocycles. The van der Waals surface area contributed by atoms with Crippen molar-refractivity contribution in [3.8, 4) is 0 Å². The molecule has 0 aromatic carbocycles. The zero-order valence-corrected chi connectivity index (χ0v) is 13.7. The minimum Gasteiger partial charge on any atom is -0.316 e. The van der Waals surface area contributed by atoms with Crippen LogP contribution in [0.2, 0.25) is 0 Å². The van der Waals surface area contributed by atoms with Gasteiger partial charge in [-0.15, -0.1) is 0 Å². The number of hydrogen-bond donors (Lipinski definition) is 1. The third-order valence-corrected chi connectivity index (χ3v) is 6.08. The Bertz CT molecular complexity index is 264. The van der Waals surface area contributed by atoms with Gasteiger partial charge in [-0.2, -0.15) is 0 Å². The highest BCUT2D eigenvalue weighted by molar-refractivity contribution is 4.97. The molecule has 0 amide bonds. The first-order chi connectivity index (χ1) is 8.98. The quantitative estimate of drug-likeness (QED) is 0.689. The van der Waals surface area contributed by atoms with Crippen molar-refractivity contribution in [3.63, 3.8) is 0 Å². The molecule has 2 rings (SSSR count). The van der Waals surface area contributed by atoms with Gasteiger partial charge in [0.15, 0.2) is 0 Å². The van der Waals surface area contributed by atoms with Crippen molar-refractivity contribution in [2.24, 2.45) is 22.7 Å². The maximum atomic E-state index is 3.75. The van der Waals surface area contributed by atoms with E-state index in [0.29, 0.717) is 10.8 Å². The molecular weight excluding hydrogens is 230 g/mol. The maximum Gasteiger partial charge on any atom is 0.00105 e. The normalized spacial score (nSPS) is 33.2. The van der Waals surface area contributed by atoms with Crippen molar-refractivity contribution >= 4 is 0 Å². The molecule has 0 bridgehead atoms. The highest BCUT2D eigenvalue weighted by Gasteiger charge is 2.45. The molecule has 1 nitrogen and oxygen atoms in total. The molecule has 0 aliphatic heterocycles. The Balaban J connectivity index is 1.93. The van der Waals surface area contributed by atoms with Gasteiger partial charge in [-0.25, -0.2) is 0 Å². The SMILES string of the molecule is CCCNCC1(C2CCC2)CCC(C(C)(C)C)CC1. The molecule has 0 aromatic rings. The van der Waals surface area contributed by atoms with Crippen LogP contribution in [0.3, 0.4) is 0 Å². The van der Waals surface area contributed by atoms with Gasteiger partial charge in [0.25, 0.3) is 0 Å². The van der Waals surface area contributed by atoms with Gasteiger partial charge in [0.05, 0.1) is 0 Å². The lowest BCUT2D eigenvalue weighted by atomic mass is 9.55. The lowest BCUT2D eigenvalue weighted by Gasteiger charge is -2.51. The molecule has 1 heteroatoms. The van der Waals surface area contributed by atoms with Gasteiger partial charge in [0.1, 0.15) is 0 Å². The summed E-state index contributed by atoms with van der Waals surface area (Å²) in [5, 5.41) is 3.75. The van der Waals surface area contributed by atoms with Crippen LogP contribution in [-0.2, 0) is 0 Å². The van der Waals surface area contributed by atoms with Crippen molar-refractivity contribution in [2.75, 3.05) is 13.1 Å². The van der Waals surface area contributed by atoms with Gasteiger partial charge in [0.2, 0.25) is 0 Å². The average Bonchev–Trinajstić information content (AvgIpc) is 2.26. The predicted molar refractivity (Wildman–Crippen MR) is 84.3 cm³/mol. The van der Waals surface area contributed by atoms with Crippen LogP contribution in [0.15, 0.2) is 0 Å². The van der Waals surface area contributed by atoms with Crippen LogP contribution in [0.1, 0.15) is 79.1 Å². The fourth-order valence-corrected chi connectivity index (χ4v) is 4.32. The fourth-order valence-electron chi connectivity index (χ4n) is 4.32. The van der Waals surface area contributed by atoms with Crippen molar-refractivity contribution in [1.29, 1.82) is 0 Å². The van der Waals surface area contributed by atoms with Crippen LogP contribution in [0.25, 0.3) is 0 Å².